The molecule has 142 valence electrons. The highest BCUT2D eigenvalue weighted by molar-refractivity contribution is 7.22. The minimum atomic E-state index is -0.458. The zero-order chi connectivity index (χ0) is 19.3. The number of aliphatic hydroxyl groups is 1. The number of hydrogen-bond acceptors (Lipinski definition) is 6. The van der Waals surface area contributed by atoms with Gasteiger partial charge in [-0.25, -0.2) is 14.4 Å². The van der Waals surface area contributed by atoms with Crippen molar-refractivity contribution >= 4 is 44.7 Å². The molecule has 1 aliphatic carbocycles. The molecule has 3 aromatic heterocycles. The molecular formula is C19H15ClFN5OS. The normalized spacial score (nSPS) is 12.8. The zero-order valence-corrected chi connectivity index (χ0v) is 16.2. The van der Waals surface area contributed by atoms with Gasteiger partial charge in [-0.05, 0) is 36.6 Å². The molecule has 28 heavy (non-hydrogen) atoms. The van der Waals surface area contributed by atoms with Crippen LogP contribution in [0, 0.1) is 5.82 Å². The van der Waals surface area contributed by atoms with Gasteiger partial charge in [-0.3, -0.25) is 4.68 Å². The summed E-state index contributed by atoms with van der Waals surface area (Å²) < 4.78 is 15.2. The molecule has 3 heterocycles. The second-order valence-corrected chi connectivity index (χ2v) is 7.95. The Morgan fingerprint density at radius 1 is 1.29 bits per heavy atom. The molecule has 0 saturated carbocycles. The number of hydrogen-bond donors (Lipinski definition) is 2. The molecule has 0 atom stereocenters. The van der Waals surface area contributed by atoms with Gasteiger partial charge < -0.3 is 10.4 Å². The summed E-state index contributed by atoms with van der Waals surface area (Å²) in [7, 11) is 0. The third-order valence-electron chi connectivity index (χ3n) is 4.79. The molecule has 9 heteroatoms. The van der Waals surface area contributed by atoms with E-state index in [0.29, 0.717) is 18.1 Å². The van der Waals surface area contributed by atoms with Crippen LogP contribution in [0.25, 0.3) is 20.7 Å². The predicted octanol–water partition coefficient (Wildman–Crippen LogP) is 4.18. The Labute approximate surface area is 168 Å². The SMILES string of the molecule is OCCn1cc2c(n1)CCc1c-2sc2ncnc(Nc3ccc(F)c(Cl)c3)c12. The van der Waals surface area contributed by atoms with Crippen LogP contribution in [0.1, 0.15) is 11.3 Å². The number of nitrogens with one attached hydrogen (secondary N) is 1. The van der Waals surface area contributed by atoms with Crippen LogP contribution in [0.2, 0.25) is 5.02 Å². The maximum absolute atomic E-state index is 13.5. The van der Waals surface area contributed by atoms with Crippen molar-refractivity contribution in [3.8, 4) is 10.4 Å². The first-order valence-corrected chi connectivity index (χ1v) is 9.99. The van der Waals surface area contributed by atoms with E-state index < -0.39 is 5.82 Å². The molecule has 6 nitrogen and oxygen atoms in total. The van der Waals surface area contributed by atoms with E-state index in [1.807, 2.05) is 6.20 Å². The predicted molar refractivity (Wildman–Crippen MR) is 108 cm³/mol. The fraction of sp³-hybridized carbons (Fsp3) is 0.211. The summed E-state index contributed by atoms with van der Waals surface area (Å²) in [6, 6.07) is 4.50. The highest BCUT2D eigenvalue weighted by Gasteiger charge is 2.26. The molecule has 0 spiro atoms. The quantitative estimate of drug-likeness (QED) is 0.523. The van der Waals surface area contributed by atoms with Crippen LogP contribution in [0.15, 0.2) is 30.7 Å². The van der Waals surface area contributed by atoms with Gasteiger partial charge >= 0.3 is 0 Å². The Bertz CT molecular complexity index is 1200. The number of nitrogens with zero attached hydrogens (tertiary/aromatic N) is 4. The van der Waals surface area contributed by atoms with E-state index in [0.717, 1.165) is 39.2 Å². The van der Waals surface area contributed by atoms with Gasteiger partial charge in [-0.1, -0.05) is 11.6 Å². The lowest BCUT2D eigenvalue weighted by Gasteiger charge is -2.12. The van der Waals surface area contributed by atoms with Gasteiger partial charge in [0.2, 0.25) is 0 Å². The topological polar surface area (TPSA) is 75.9 Å². The number of aryl methyl sites for hydroxylation is 2. The van der Waals surface area contributed by atoms with Crippen LogP contribution in [-0.4, -0.2) is 31.5 Å². The average molecular weight is 416 g/mol. The molecule has 0 bridgehead atoms. The Balaban J connectivity index is 1.61. The molecule has 0 fully saturated rings. The first-order valence-electron chi connectivity index (χ1n) is 8.80. The van der Waals surface area contributed by atoms with Crippen LogP contribution in [0.3, 0.4) is 0 Å². The van der Waals surface area contributed by atoms with Crippen LogP contribution in [0.5, 0.6) is 0 Å². The third kappa shape index (κ3) is 2.85. The lowest BCUT2D eigenvalue weighted by molar-refractivity contribution is 0.269. The van der Waals surface area contributed by atoms with Crippen molar-refractivity contribution in [3.63, 3.8) is 0 Å². The van der Waals surface area contributed by atoms with E-state index in [-0.39, 0.29) is 11.6 Å². The molecule has 1 aliphatic rings. The van der Waals surface area contributed by atoms with Gasteiger partial charge in [0, 0.05) is 22.3 Å². The lowest BCUT2D eigenvalue weighted by Crippen LogP contribution is -2.04. The van der Waals surface area contributed by atoms with Crippen molar-refractivity contribution in [3.05, 3.63) is 52.8 Å². The Morgan fingerprint density at radius 3 is 3.00 bits per heavy atom. The van der Waals surface area contributed by atoms with Crippen LogP contribution in [-0.2, 0) is 19.4 Å². The number of aliphatic hydroxyl groups excluding tert-OH is 1. The van der Waals surface area contributed by atoms with Crippen LogP contribution in [0.4, 0.5) is 15.9 Å². The Kier molecular flexibility index (Phi) is 4.26. The summed E-state index contributed by atoms with van der Waals surface area (Å²) in [5.74, 6) is 0.219. The second-order valence-electron chi connectivity index (χ2n) is 6.54. The summed E-state index contributed by atoms with van der Waals surface area (Å²) in [5, 5.41) is 18.1. The van der Waals surface area contributed by atoms with E-state index >= 15 is 0 Å². The third-order valence-corrected chi connectivity index (χ3v) is 6.26. The minimum Gasteiger partial charge on any atom is -0.394 e. The largest absolute Gasteiger partial charge is 0.394 e. The van der Waals surface area contributed by atoms with E-state index in [1.54, 1.807) is 28.2 Å². The standard InChI is InChI=1S/C19H15ClFN5OS/c20-13-7-10(1-3-14(13)21)24-18-16-11-2-4-15-12(8-26(25-15)5-6-27)17(11)28-19(16)23-9-22-18/h1,3,7-9,27H,2,4-6H2,(H,22,23,24). The summed E-state index contributed by atoms with van der Waals surface area (Å²) in [6.07, 6.45) is 5.17. The van der Waals surface area contributed by atoms with Crippen molar-refractivity contribution in [2.45, 2.75) is 19.4 Å². The van der Waals surface area contributed by atoms with Crippen molar-refractivity contribution in [1.82, 2.24) is 19.7 Å². The van der Waals surface area contributed by atoms with Gasteiger partial charge in [0.1, 0.15) is 22.8 Å². The lowest BCUT2D eigenvalue weighted by atomic mass is 9.95. The van der Waals surface area contributed by atoms with E-state index in [2.05, 4.69) is 20.4 Å². The number of aromatic nitrogens is 4. The smallest absolute Gasteiger partial charge is 0.142 e. The Morgan fingerprint density at radius 2 is 2.18 bits per heavy atom. The number of benzene rings is 1. The highest BCUT2D eigenvalue weighted by Crippen LogP contribution is 2.45. The van der Waals surface area contributed by atoms with Gasteiger partial charge in [0.25, 0.3) is 0 Å². The average Bonchev–Trinajstić information content (AvgIpc) is 3.26. The first kappa shape index (κ1) is 17.5. The van der Waals surface area contributed by atoms with E-state index in [4.69, 9.17) is 11.6 Å². The van der Waals surface area contributed by atoms with Crippen LogP contribution < -0.4 is 5.32 Å². The molecule has 0 radical (unpaired) electrons. The molecule has 5 rings (SSSR count). The van der Waals surface area contributed by atoms with Crippen LogP contribution >= 0.6 is 22.9 Å². The summed E-state index contributed by atoms with van der Waals surface area (Å²) in [4.78, 5) is 10.9. The fourth-order valence-corrected chi connectivity index (χ4v) is 4.95. The van der Waals surface area contributed by atoms with Gasteiger partial charge in [-0.15, -0.1) is 11.3 Å². The van der Waals surface area contributed by atoms with Gasteiger partial charge in [0.15, 0.2) is 0 Å². The summed E-state index contributed by atoms with van der Waals surface area (Å²) in [6.45, 7) is 0.533. The number of rotatable bonds is 4. The second kappa shape index (κ2) is 6.80. The molecule has 0 amide bonds. The van der Waals surface area contributed by atoms with Gasteiger partial charge in [-0.2, -0.15) is 5.10 Å². The number of fused-ring (bicyclic) bond motifs is 5. The summed E-state index contributed by atoms with van der Waals surface area (Å²) >= 11 is 7.52. The highest BCUT2D eigenvalue weighted by atomic mass is 35.5. The van der Waals surface area contributed by atoms with Crippen molar-refractivity contribution < 1.29 is 9.50 Å². The van der Waals surface area contributed by atoms with Crippen molar-refractivity contribution in [2.75, 3.05) is 11.9 Å². The fourth-order valence-electron chi connectivity index (χ4n) is 3.55. The zero-order valence-electron chi connectivity index (χ0n) is 14.6. The Hall–Kier alpha value is -2.55. The maximum Gasteiger partial charge on any atom is 0.142 e. The minimum absolute atomic E-state index is 0.0552. The molecule has 0 unspecified atom stereocenters. The first-order chi connectivity index (χ1) is 13.6. The van der Waals surface area contributed by atoms with Crippen molar-refractivity contribution in [2.24, 2.45) is 0 Å². The molecule has 1 aromatic carbocycles. The maximum atomic E-state index is 13.5. The number of anilines is 2. The number of halogens is 2. The van der Waals surface area contributed by atoms with Crippen molar-refractivity contribution in [1.29, 1.82) is 0 Å². The molecule has 0 saturated heterocycles. The molecule has 0 aliphatic heterocycles. The van der Waals surface area contributed by atoms with Gasteiger partial charge in [0.05, 0.1) is 29.3 Å². The van der Waals surface area contributed by atoms with E-state index in [9.17, 15) is 9.50 Å². The summed E-state index contributed by atoms with van der Waals surface area (Å²) in [5.41, 5.74) is 3.99. The van der Waals surface area contributed by atoms with E-state index in [1.165, 1.54) is 18.0 Å². The molecular weight excluding hydrogens is 401 g/mol. The monoisotopic (exact) mass is 415 g/mol. The molecule has 4 aromatic rings. The number of thiophene rings is 1. The molecule has 2 N–H and O–H groups in total.